The molecule has 20 heavy (non-hydrogen) atoms. The molecule has 0 bridgehead atoms. The average molecular weight is 290 g/mol. The molecular weight excluding hydrogens is 276 g/mol. The van der Waals surface area contributed by atoms with Crippen molar-refractivity contribution in [1.82, 2.24) is 19.8 Å². The molecule has 1 aromatic heterocycles. The van der Waals surface area contributed by atoms with Gasteiger partial charge in [-0.3, -0.25) is 9.59 Å². The van der Waals surface area contributed by atoms with Crippen molar-refractivity contribution in [1.29, 1.82) is 0 Å². The minimum absolute atomic E-state index is 0.0212. The molecular formula is C13H14N4O2S. The van der Waals surface area contributed by atoms with Crippen molar-refractivity contribution in [3.8, 4) is 0 Å². The molecule has 6 nitrogen and oxygen atoms in total. The summed E-state index contributed by atoms with van der Waals surface area (Å²) in [4.78, 5) is 34.1. The number of rotatable bonds is 3. The summed E-state index contributed by atoms with van der Waals surface area (Å²) in [5.74, 6) is 0.209. The van der Waals surface area contributed by atoms with Crippen LogP contribution in [0.4, 0.5) is 0 Å². The molecule has 2 heterocycles. The number of likely N-dealkylation sites (N-methyl/N-ethyl adjacent to an activating group) is 1. The van der Waals surface area contributed by atoms with Crippen molar-refractivity contribution in [3.05, 3.63) is 24.3 Å². The Morgan fingerprint density at radius 3 is 2.95 bits per heavy atom. The van der Waals surface area contributed by atoms with Gasteiger partial charge in [0.2, 0.25) is 11.8 Å². The molecule has 0 radical (unpaired) electrons. The summed E-state index contributed by atoms with van der Waals surface area (Å²) in [6.45, 7) is 0.550. The van der Waals surface area contributed by atoms with Crippen LogP contribution in [0.2, 0.25) is 0 Å². The third-order valence-electron chi connectivity index (χ3n) is 3.19. The molecule has 1 aliphatic heterocycles. The van der Waals surface area contributed by atoms with Crippen LogP contribution in [-0.2, 0) is 9.59 Å². The van der Waals surface area contributed by atoms with E-state index in [-0.39, 0.29) is 24.1 Å². The fraction of sp³-hybridized carbons (Fsp3) is 0.308. The molecule has 1 saturated heterocycles. The van der Waals surface area contributed by atoms with E-state index in [1.54, 1.807) is 16.8 Å². The lowest BCUT2D eigenvalue weighted by molar-refractivity contribution is -0.129. The van der Waals surface area contributed by atoms with Crippen molar-refractivity contribution in [3.63, 3.8) is 0 Å². The van der Waals surface area contributed by atoms with E-state index < -0.39 is 0 Å². The lowest BCUT2D eigenvalue weighted by Gasteiger charge is -2.14. The largest absolute Gasteiger partial charge is 0.333 e. The summed E-state index contributed by atoms with van der Waals surface area (Å²) >= 11 is 1.36. The first kappa shape index (κ1) is 13.0. The molecule has 1 aliphatic rings. The van der Waals surface area contributed by atoms with Crippen LogP contribution in [0.5, 0.6) is 0 Å². The van der Waals surface area contributed by atoms with E-state index in [4.69, 9.17) is 0 Å². The third-order valence-corrected chi connectivity index (χ3v) is 4.05. The molecule has 7 heteroatoms. The lowest BCUT2D eigenvalue weighted by Crippen LogP contribution is -2.31. The molecule has 3 rings (SSSR count). The topological polar surface area (TPSA) is 69.3 Å². The van der Waals surface area contributed by atoms with Crippen LogP contribution >= 0.6 is 11.8 Å². The van der Waals surface area contributed by atoms with Crippen LogP contribution < -0.4 is 0 Å². The van der Waals surface area contributed by atoms with E-state index in [0.717, 1.165) is 16.2 Å². The number of H-pyrrole nitrogens is 1. The van der Waals surface area contributed by atoms with E-state index in [9.17, 15) is 9.59 Å². The van der Waals surface area contributed by atoms with Gasteiger partial charge in [-0.05, 0) is 12.1 Å². The molecule has 1 fully saturated rings. The standard InChI is InChI=1S/C13H14N4O2S/c1-16-8-17(6-11(16)18)12(19)7-20-13-14-9-4-2-3-5-10(9)15-13/h2-5H,6-8H2,1H3,(H,14,15). The molecule has 104 valence electrons. The van der Waals surface area contributed by atoms with E-state index >= 15 is 0 Å². The number of para-hydroxylation sites is 2. The van der Waals surface area contributed by atoms with Gasteiger partial charge in [-0.25, -0.2) is 4.98 Å². The van der Waals surface area contributed by atoms with Gasteiger partial charge in [-0.1, -0.05) is 23.9 Å². The second-order valence-electron chi connectivity index (χ2n) is 4.67. The Kier molecular flexibility index (Phi) is 3.35. The van der Waals surface area contributed by atoms with Gasteiger partial charge < -0.3 is 14.8 Å². The molecule has 2 aromatic rings. The number of imidazole rings is 1. The summed E-state index contributed by atoms with van der Waals surface area (Å²) in [5, 5.41) is 0.721. The zero-order valence-corrected chi connectivity index (χ0v) is 11.8. The lowest BCUT2D eigenvalue weighted by atomic mass is 10.3. The molecule has 0 saturated carbocycles. The molecule has 0 unspecified atom stereocenters. The van der Waals surface area contributed by atoms with Gasteiger partial charge in [0.25, 0.3) is 0 Å². The summed E-state index contributed by atoms with van der Waals surface area (Å²) in [7, 11) is 1.70. The summed E-state index contributed by atoms with van der Waals surface area (Å²) < 4.78 is 0. The predicted octanol–water partition coefficient (Wildman–Crippen LogP) is 0.913. The second kappa shape index (κ2) is 5.16. The first-order valence-electron chi connectivity index (χ1n) is 6.23. The van der Waals surface area contributed by atoms with Gasteiger partial charge >= 0.3 is 0 Å². The Morgan fingerprint density at radius 2 is 2.25 bits per heavy atom. The maximum absolute atomic E-state index is 12.0. The van der Waals surface area contributed by atoms with Crippen molar-refractivity contribution in [2.75, 3.05) is 26.0 Å². The number of nitrogens with zero attached hydrogens (tertiary/aromatic N) is 3. The normalized spacial score (nSPS) is 15.3. The Morgan fingerprint density at radius 1 is 1.45 bits per heavy atom. The monoisotopic (exact) mass is 290 g/mol. The molecule has 0 atom stereocenters. The first-order valence-corrected chi connectivity index (χ1v) is 7.21. The first-order chi connectivity index (χ1) is 9.63. The van der Waals surface area contributed by atoms with Gasteiger partial charge in [0, 0.05) is 7.05 Å². The van der Waals surface area contributed by atoms with E-state index in [1.807, 2.05) is 24.3 Å². The number of aromatic nitrogens is 2. The number of hydrogen-bond donors (Lipinski definition) is 1. The second-order valence-corrected chi connectivity index (χ2v) is 5.64. The smallest absolute Gasteiger partial charge is 0.243 e. The van der Waals surface area contributed by atoms with Crippen LogP contribution in [0.3, 0.4) is 0 Å². The molecule has 2 amide bonds. The highest BCUT2D eigenvalue weighted by atomic mass is 32.2. The van der Waals surface area contributed by atoms with Gasteiger partial charge in [-0.15, -0.1) is 0 Å². The van der Waals surface area contributed by atoms with Gasteiger partial charge in [0.05, 0.1) is 23.5 Å². The van der Waals surface area contributed by atoms with Crippen LogP contribution in [0, 0.1) is 0 Å². The Bertz CT molecular complexity index is 636. The molecule has 0 aliphatic carbocycles. The minimum Gasteiger partial charge on any atom is -0.333 e. The number of benzene rings is 1. The average Bonchev–Trinajstić information content (AvgIpc) is 3.00. The molecule has 0 spiro atoms. The third kappa shape index (κ3) is 2.49. The zero-order valence-electron chi connectivity index (χ0n) is 11.0. The number of carbonyl (C=O) groups is 2. The van der Waals surface area contributed by atoms with E-state index in [1.165, 1.54) is 11.8 Å². The van der Waals surface area contributed by atoms with Gasteiger partial charge in [0.15, 0.2) is 5.16 Å². The fourth-order valence-electron chi connectivity index (χ4n) is 2.06. The van der Waals surface area contributed by atoms with Gasteiger partial charge in [0.1, 0.15) is 6.54 Å². The van der Waals surface area contributed by atoms with Crippen molar-refractivity contribution in [2.24, 2.45) is 0 Å². The molecule has 1 aromatic carbocycles. The van der Waals surface area contributed by atoms with Crippen molar-refractivity contribution < 1.29 is 9.59 Å². The van der Waals surface area contributed by atoms with Crippen molar-refractivity contribution in [2.45, 2.75) is 5.16 Å². The number of nitrogens with one attached hydrogen (secondary N) is 1. The van der Waals surface area contributed by atoms with Crippen LogP contribution in [0.25, 0.3) is 11.0 Å². The SMILES string of the molecule is CN1CN(C(=O)CSc2nc3ccccc3[nH]2)CC1=O. The number of hydrogen-bond acceptors (Lipinski definition) is 4. The maximum atomic E-state index is 12.0. The Balaban J connectivity index is 1.62. The highest BCUT2D eigenvalue weighted by Gasteiger charge is 2.27. The number of aromatic amines is 1. The Labute approximate surface area is 120 Å². The van der Waals surface area contributed by atoms with E-state index in [0.29, 0.717) is 6.67 Å². The van der Waals surface area contributed by atoms with Gasteiger partial charge in [-0.2, -0.15) is 0 Å². The summed E-state index contributed by atoms with van der Waals surface area (Å²) in [6, 6.07) is 7.73. The number of carbonyl (C=O) groups excluding carboxylic acids is 2. The highest BCUT2D eigenvalue weighted by molar-refractivity contribution is 7.99. The zero-order chi connectivity index (χ0) is 14.1. The van der Waals surface area contributed by atoms with E-state index in [2.05, 4.69) is 9.97 Å². The predicted molar refractivity (Wildman–Crippen MR) is 76.2 cm³/mol. The quantitative estimate of drug-likeness (QED) is 0.853. The highest BCUT2D eigenvalue weighted by Crippen LogP contribution is 2.20. The number of fused-ring (bicyclic) bond motifs is 1. The van der Waals surface area contributed by atoms with Crippen molar-refractivity contribution >= 4 is 34.6 Å². The van der Waals surface area contributed by atoms with Crippen LogP contribution in [0.15, 0.2) is 29.4 Å². The van der Waals surface area contributed by atoms with Crippen LogP contribution in [0.1, 0.15) is 0 Å². The maximum Gasteiger partial charge on any atom is 0.243 e. The fourth-order valence-corrected chi connectivity index (χ4v) is 2.84. The summed E-state index contributed by atoms with van der Waals surface area (Å²) in [5.41, 5.74) is 1.84. The van der Waals surface area contributed by atoms with Crippen LogP contribution in [-0.4, -0.2) is 57.6 Å². The summed E-state index contributed by atoms with van der Waals surface area (Å²) in [6.07, 6.45) is 0. The Hall–Kier alpha value is -2.02. The minimum atomic E-state index is -0.0480. The number of thioether (sulfide) groups is 1. The number of amides is 2. The molecule has 1 N–H and O–H groups in total.